The number of aliphatic imine (C=N–C) groups is 2. The summed E-state index contributed by atoms with van der Waals surface area (Å²) in [4.78, 5) is 10.6. The third kappa shape index (κ3) is 4.84. The Balaban J connectivity index is 1.10. The lowest BCUT2D eigenvalue weighted by molar-refractivity contribution is 0.669. The van der Waals surface area contributed by atoms with Crippen LogP contribution in [0.2, 0.25) is 0 Å². The number of hydrogen-bond acceptors (Lipinski definition) is 4. The van der Waals surface area contributed by atoms with E-state index in [-0.39, 0.29) is 6.17 Å². The van der Waals surface area contributed by atoms with Crippen molar-refractivity contribution in [2.45, 2.75) is 6.17 Å². The maximum Gasteiger partial charge on any atom is 0.159 e. The van der Waals surface area contributed by atoms with Crippen LogP contribution in [-0.2, 0) is 0 Å². The van der Waals surface area contributed by atoms with Crippen LogP contribution in [0.15, 0.2) is 190 Å². The molecular formula is C49H31N3O. The van der Waals surface area contributed by atoms with Gasteiger partial charge in [0.25, 0.3) is 0 Å². The van der Waals surface area contributed by atoms with E-state index in [0.29, 0.717) is 5.84 Å². The molecule has 1 aliphatic heterocycles. The smallest absolute Gasteiger partial charge is 0.159 e. The molecular weight excluding hydrogens is 647 g/mol. The summed E-state index contributed by atoms with van der Waals surface area (Å²) >= 11 is 0. The van der Waals surface area contributed by atoms with E-state index in [2.05, 4.69) is 169 Å². The normalized spacial score (nSPS) is 14.6. The molecule has 11 rings (SSSR count). The molecule has 1 atom stereocenters. The highest BCUT2D eigenvalue weighted by atomic mass is 16.3. The molecule has 9 aromatic carbocycles. The molecule has 10 aromatic rings. The number of benzene rings is 9. The average Bonchev–Trinajstić information content (AvgIpc) is 3.62. The molecule has 248 valence electrons. The van der Waals surface area contributed by atoms with Crippen molar-refractivity contribution in [2.24, 2.45) is 9.98 Å². The Labute approximate surface area is 305 Å². The van der Waals surface area contributed by atoms with Gasteiger partial charge in [-0.05, 0) is 78.5 Å². The van der Waals surface area contributed by atoms with Crippen molar-refractivity contribution in [3.8, 4) is 11.1 Å². The van der Waals surface area contributed by atoms with Crippen molar-refractivity contribution in [1.29, 1.82) is 0 Å². The number of para-hydroxylation sites is 1. The number of nitrogens with zero attached hydrogens (tertiary/aromatic N) is 2. The maximum atomic E-state index is 6.29. The SMILES string of the molecule is c1ccc2cc(C3=NC(c4ccc(-c5cccc6oc7ccccc7c56)c5ccccc45)NC(c4ccc5ccc6ccccc6c5c4)=N3)ccc2c1. The largest absolute Gasteiger partial charge is 0.456 e. The summed E-state index contributed by atoms with van der Waals surface area (Å²) in [7, 11) is 0. The van der Waals surface area contributed by atoms with Gasteiger partial charge in [-0.25, -0.2) is 9.98 Å². The molecule has 53 heavy (non-hydrogen) atoms. The number of rotatable bonds is 4. The van der Waals surface area contributed by atoms with Gasteiger partial charge in [0.2, 0.25) is 0 Å². The standard InChI is InChI=1S/C49H31N3O/c1-2-12-33-28-34(24-20-30(33)10-1)47-50-48(35-25-23-32-22-21-31-11-3-4-13-36(31)43(32)29-35)52-49(51-47)41-27-26-39(37-14-5-6-15-38(37)41)40-17-9-19-45-46(40)42-16-7-8-18-44(42)53-45/h1-29,49H,(H,50,51,52). The van der Waals surface area contributed by atoms with Gasteiger partial charge in [0, 0.05) is 27.5 Å². The molecule has 0 saturated carbocycles. The van der Waals surface area contributed by atoms with E-state index in [0.717, 1.165) is 71.8 Å². The van der Waals surface area contributed by atoms with Crippen molar-refractivity contribution < 1.29 is 4.42 Å². The third-order valence-electron chi connectivity index (χ3n) is 10.7. The van der Waals surface area contributed by atoms with E-state index in [1.807, 2.05) is 12.1 Å². The summed E-state index contributed by atoms with van der Waals surface area (Å²) in [5.41, 5.74) is 7.19. The van der Waals surface area contributed by atoms with Crippen LogP contribution in [0.4, 0.5) is 0 Å². The average molecular weight is 678 g/mol. The topological polar surface area (TPSA) is 49.9 Å². The zero-order chi connectivity index (χ0) is 34.9. The maximum absolute atomic E-state index is 6.29. The Hall–Kier alpha value is -7.04. The summed E-state index contributed by atoms with van der Waals surface area (Å²) < 4.78 is 6.29. The lowest BCUT2D eigenvalue weighted by atomic mass is 9.91. The number of amidine groups is 2. The molecule has 0 radical (unpaired) electrons. The minimum absolute atomic E-state index is 0.378. The molecule has 4 heteroatoms. The van der Waals surface area contributed by atoms with Crippen molar-refractivity contribution >= 4 is 76.7 Å². The van der Waals surface area contributed by atoms with Gasteiger partial charge in [-0.1, -0.05) is 152 Å². The Morgan fingerprint density at radius 1 is 0.434 bits per heavy atom. The zero-order valence-corrected chi connectivity index (χ0v) is 28.6. The first-order chi connectivity index (χ1) is 26.2. The first-order valence-corrected chi connectivity index (χ1v) is 18.0. The Morgan fingerprint density at radius 3 is 1.98 bits per heavy atom. The van der Waals surface area contributed by atoms with E-state index < -0.39 is 0 Å². The molecule has 0 saturated heterocycles. The van der Waals surface area contributed by atoms with Gasteiger partial charge in [-0.3, -0.25) is 0 Å². The third-order valence-corrected chi connectivity index (χ3v) is 10.7. The minimum Gasteiger partial charge on any atom is -0.456 e. The first-order valence-electron chi connectivity index (χ1n) is 18.0. The second-order valence-corrected chi connectivity index (χ2v) is 13.8. The molecule has 0 bridgehead atoms. The molecule has 0 aliphatic carbocycles. The van der Waals surface area contributed by atoms with Crippen molar-refractivity contribution in [3.63, 3.8) is 0 Å². The molecule has 1 unspecified atom stereocenters. The summed E-state index contributed by atoms with van der Waals surface area (Å²) in [5, 5.41) is 15.5. The Bertz CT molecular complexity index is 3170. The fourth-order valence-corrected chi connectivity index (χ4v) is 8.16. The van der Waals surface area contributed by atoms with Crippen molar-refractivity contribution in [3.05, 3.63) is 193 Å². The van der Waals surface area contributed by atoms with E-state index >= 15 is 0 Å². The van der Waals surface area contributed by atoms with Gasteiger partial charge >= 0.3 is 0 Å². The predicted molar refractivity (Wildman–Crippen MR) is 221 cm³/mol. The number of nitrogens with one attached hydrogen (secondary N) is 1. The molecule has 4 nitrogen and oxygen atoms in total. The number of furan rings is 1. The first kappa shape index (κ1) is 29.7. The van der Waals surface area contributed by atoms with E-state index in [1.54, 1.807) is 0 Å². The predicted octanol–water partition coefficient (Wildman–Crippen LogP) is 12.4. The highest BCUT2D eigenvalue weighted by molar-refractivity contribution is 6.18. The van der Waals surface area contributed by atoms with Crippen LogP contribution in [0.1, 0.15) is 22.9 Å². The molecule has 1 aliphatic rings. The Kier molecular flexibility index (Phi) is 6.58. The number of hydrogen-bond donors (Lipinski definition) is 1. The highest BCUT2D eigenvalue weighted by Crippen LogP contribution is 2.41. The summed E-state index contributed by atoms with van der Waals surface area (Å²) in [6, 6.07) is 62.3. The quantitative estimate of drug-likeness (QED) is 0.189. The van der Waals surface area contributed by atoms with Gasteiger partial charge in [0.05, 0.1) is 0 Å². The lowest BCUT2D eigenvalue weighted by Gasteiger charge is -2.25. The van der Waals surface area contributed by atoms with Crippen LogP contribution >= 0.6 is 0 Å². The summed E-state index contributed by atoms with van der Waals surface area (Å²) in [6.07, 6.45) is -0.378. The van der Waals surface area contributed by atoms with Crippen LogP contribution in [0.25, 0.3) is 76.2 Å². The zero-order valence-electron chi connectivity index (χ0n) is 28.6. The molecule has 1 N–H and O–H groups in total. The van der Waals surface area contributed by atoms with Crippen LogP contribution in [0.5, 0.6) is 0 Å². The van der Waals surface area contributed by atoms with E-state index in [4.69, 9.17) is 14.4 Å². The lowest BCUT2D eigenvalue weighted by Crippen LogP contribution is -2.33. The van der Waals surface area contributed by atoms with E-state index in [9.17, 15) is 0 Å². The van der Waals surface area contributed by atoms with Crippen molar-refractivity contribution in [1.82, 2.24) is 5.32 Å². The fourth-order valence-electron chi connectivity index (χ4n) is 8.16. The molecule has 0 amide bonds. The molecule has 2 heterocycles. The summed E-state index contributed by atoms with van der Waals surface area (Å²) in [6.45, 7) is 0. The van der Waals surface area contributed by atoms with Crippen LogP contribution in [0.3, 0.4) is 0 Å². The van der Waals surface area contributed by atoms with Gasteiger partial charge in [-0.15, -0.1) is 0 Å². The fraction of sp³-hybridized carbons (Fsp3) is 0.0204. The van der Waals surface area contributed by atoms with Gasteiger partial charge in [0.1, 0.15) is 23.2 Å². The molecule has 0 fully saturated rings. The van der Waals surface area contributed by atoms with Crippen molar-refractivity contribution in [2.75, 3.05) is 0 Å². The monoisotopic (exact) mass is 677 g/mol. The van der Waals surface area contributed by atoms with Crippen LogP contribution in [0, 0.1) is 0 Å². The second-order valence-electron chi connectivity index (χ2n) is 13.8. The van der Waals surface area contributed by atoms with Crippen LogP contribution < -0.4 is 5.32 Å². The highest BCUT2D eigenvalue weighted by Gasteiger charge is 2.24. The van der Waals surface area contributed by atoms with Gasteiger partial charge in [0.15, 0.2) is 5.84 Å². The van der Waals surface area contributed by atoms with Gasteiger partial charge < -0.3 is 9.73 Å². The molecule has 1 aromatic heterocycles. The van der Waals surface area contributed by atoms with E-state index in [1.165, 1.54) is 26.9 Å². The van der Waals surface area contributed by atoms with Gasteiger partial charge in [-0.2, -0.15) is 0 Å². The minimum atomic E-state index is -0.378. The van der Waals surface area contributed by atoms with Crippen LogP contribution in [-0.4, -0.2) is 11.7 Å². The Morgan fingerprint density at radius 2 is 1.09 bits per heavy atom. The molecule has 0 spiro atoms. The second kappa shape index (κ2) is 11.8. The number of fused-ring (bicyclic) bond motifs is 8. The summed E-state index contributed by atoms with van der Waals surface area (Å²) in [5.74, 6) is 1.50.